The van der Waals surface area contributed by atoms with E-state index >= 15 is 0 Å². The summed E-state index contributed by atoms with van der Waals surface area (Å²) >= 11 is 0. The maximum Gasteiger partial charge on any atom is 0.326 e. The van der Waals surface area contributed by atoms with Gasteiger partial charge in [-0.25, -0.2) is 13.2 Å². The Morgan fingerprint density at radius 3 is 2.33 bits per heavy atom. The average molecular weight is 275 g/mol. The fraction of sp³-hybridized carbons (Fsp3) is 0.500. The van der Waals surface area contributed by atoms with Gasteiger partial charge in [0.15, 0.2) is 0 Å². The molecule has 1 N–H and O–H groups in total. The predicted molar refractivity (Wildman–Crippen MR) is 61.4 cm³/mol. The summed E-state index contributed by atoms with van der Waals surface area (Å²) in [6.45, 7) is 1.40. The molecule has 0 aromatic rings. The largest absolute Gasteiger partial charge is 0.480 e. The molecule has 1 atom stereocenters. The van der Waals surface area contributed by atoms with Crippen molar-refractivity contribution in [2.75, 3.05) is 12.0 Å². The van der Waals surface area contributed by atoms with Crippen molar-refractivity contribution in [1.82, 2.24) is 4.90 Å². The molecule has 1 aliphatic rings. The minimum atomic E-state index is -3.36. The van der Waals surface area contributed by atoms with Crippen LogP contribution >= 0.6 is 0 Å². The summed E-state index contributed by atoms with van der Waals surface area (Å²) < 4.78 is 22.0. The predicted octanol–water partition coefficient (Wildman–Crippen LogP) is -0.811. The second-order valence-electron chi connectivity index (χ2n) is 4.11. The van der Waals surface area contributed by atoms with Gasteiger partial charge in [0.25, 0.3) is 11.8 Å². The average Bonchev–Trinajstić information content (AvgIpc) is 2.42. The first-order chi connectivity index (χ1) is 8.13. The zero-order chi connectivity index (χ0) is 14.1. The SMILES string of the molecule is CC1=CC(=O)N(C(CCS(C)(=O)=O)C(=O)O)C1=O. The van der Waals surface area contributed by atoms with Crippen LogP contribution in [0.2, 0.25) is 0 Å². The second kappa shape index (κ2) is 4.89. The Bertz CT molecular complexity index is 533. The highest BCUT2D eigenvalue weighted by Gasteiger charge is 2.38. The normalized spacial score (nSPS) is 17.9. The van der Waals surface area contributed by atoms with E-state index in [-0.39, 0.29) is 12.0 Å². The number of amides is 2. The molecule has 0 aromatic carbocycles. The molecule has 0 fully saturated rings. The highest BCUT2D eigenvalue weighted by atomic mass is 32.2. The summed E-state index contributed by atoms with van der Waals surface area (Å²) in [5, 5.41) is 8.99. The molecule has 1 unspecified atom stereocenters. The van der Waals surface area contributed by atoms with E-state index in [1.807, 2.05) is 0 Å². The summed E-state index contributed by atoms with van der Waals surface area (Å²) in [4.78, 5) is 34.7. The van der Waals surface area contributed by atoms with Gasteiger partial charge in [-0.3, -0.25) is 14.5 Å². The molecule has 0 bridgehead atoms. The first-order valence-electron chi connectivity index (χ1n) is 5.10. The zero-order valence-corrected chi connectivity index (χ0v) is 10.7. The van der Waals surface area contributed by atoms with Gasteiger partial charge in [-0.2, -0.15) is 0 Å². The van der Waals surface area contributed by atoms with E-state index < -0.39 is 39.4 Å². The molecule has 0 aliphatic carbocycles. The Hall–Kier alpha value is -1.70. The van der Waals surface area contributed by atoms with Crippen LogP contribution in [-0.2, 0) is 24.2 Å². The number of carboxylic acid groups (broad SMARTS) is 1. The van der Waals surface area contributed by atoms with Gasteiger partial charge in [0, 0.05) is 17.9 Å². The molecule has 8 heteroatoms. The molecule has 18 heavy (non-hydrogen) atoms. The Balaban J connectivity index is 2.91. The maximum absolute atomic E-state index is 11.6. The third kappa shape index (κ3) is 3.16. The van der Waals surface area contributed by atoms with Gasteiger partial charge < -0.3 is 5.11 Å². The van der Waals surface area contributed by atoms with Crippen molar-refractivity contribution in [3.05, 3.63) is 11.6 Å². The number of rotatable bonds is 5. The fourth-order valence-corrected chi connectivity index (χ4v) is 2.24. The van der Waals surface area contributed by atoms with Crippen LogP contribution in [0.3, 0.4) is 0 Å². The number of aliphatic carboxylic acids is 1. The van der Waals surface area contributed by atoms with E-state index in [0.29, 0.717) is 4.90 Å². The van der Waals surface area contributed by atoms with E-state index in [4.69, 9.17) is 5.11 Å². The van der Waals surface area contributed by atoms with Gasteiger partial charge in [-0.05, 0) is 13.3 Å². The standard InChI is InChI=1S/C10H13NO6S/c1-6-5-8(12)11(9(6)13)7(10(14)15)3-4-18(2,16)17/h5,7H,3-4H2,1-2H3,(H,14,15). The molecule has 2 amide bonds. The molecule has 0 spiro atoms. The van der Waals surface area contributed by atoms with E-state index in [1.165, 1.54) is 6.92 Å². The first-order valence-corrected chi connectivity index (χ1v) is 7.16. The summed E-state index contributed by atoms with van der Waals surface area (Å²) in [6.07, 6.45) is 1.69. The Morgan fingerprint density at radius 2 is 2.00 bits per heavy atom. The highest BCUT2D eigenvalue weighted by Crippen LogP contribution is 2.18. The smallest absolute Gasteiger partial charge is 0.326 e. The number of carboxylic acids is 1. The molecule has 7 nitrogen and oxygen atoms in total. The number of hydrogen-bond acceptors (Lipinski definition) is 5. The number of carbonyl (C=O) groups excluding carboxylic acids is 2. The lowest BCUT2D eigenvalue weighted by atomic mass is 10.2. The van der Waals surface area contributed by atoms with Crippen LogP contribution in [-0.4, -0.2) is 54.3 Å². The Labute approximate surface area is 104 Å². The molecular formula is C10H13NO6S. The van der Waals surface area contributed by atoms with Crippen molar-refractivity contribution >= 4 is 27.6 Å². The van der Waals surface area contributed by atoms with E-state index in [1.54, 1.807) is 0 Å². The van der Waals surface area contributed by atoms with Gasteiger partial charge in [0.2, 0.25) is 0 Å². The van der Waals surface area contributed by atoms with Crippen molar-refractivity contribution in [1.29, 1.82) is 0 Å². The second-order valence-corrected chi connectivity index (χ2v) is 6.37. The Kier molecular flexibility index (Phi) is 3.90. The van der Waals surface area contributed by atoms with Crippen molar-refractivity contribution in [2.24, 2.45) is 0 Å². The number of carbonyl (C=O) groups is 3. The summed E-state index contributed by atoms with van der Waals surface area (Å²) in [5.74, 6) is -3.22. The van der Waals surface area contributed by atoms with Crippen LogP contribution < -0.4 is 0 Å². The molecule has 0 saturated carbocycles. The van der Waals surface area contributed by atoms with Crippen LogP contribution in [0, 0.1) is 0 Å². The lowest BCUT2D eigenvalue weighted by Gasteiger charge is -2.22. The minimum absolute atomic E-state index is 0.144. The van der Waals surface area contributed by atoms with Gasteiger partial charge in [0.1, 0.15) is 15.9 Å². The van der Waals surface area contributed by atoms with Crippen molar-refractivity contribution in [2.45, 2.75) is 19.4 Å². The molecule has 1 aliphatic heterocycles. The van der Waals surface area contributed by atoms with Gasteiger partial charge >= 0.3 is 5.97 Å². The lowest BCUT2D eigenvalue weighted by Crippen LogP contribution is -2.46. The summed E-state index contributed by atoms with van der Waals surface area (Å²) in [7, 11) is -3.36. The molecule has 0 saturated heterocycles. The number of hydrogen-bond donors (Lipinski definition) is 1. The first kappa shape index (κ1) is 14.4. The lowest BCUT2D eigenvalue weighted by molar-refractivity contribution is -0.153. The van der Waals surface area contributed by atoms with Crippen molar-refractivity contribution < 1.29 is 27.9 Å². The van der Waals surface area contributed by atoms with Gasteiger partial charge in [-0.15, -0.1) is 0 Å². The third-order valence-corrected chi connectivity index (χ3v) is 3.47. The van der Waals surface area contributed by atoms with Crippen LogP contribution in [0.25, 0.3) is 0 Å². The van der Waals surface area contributed by atoms with E-state index in [2.05, 4.69) is 0 Å². The third-order valence-electron chi connectivity index (χ3n) is 2.49. The summed E-state index contributed by atoms with van der Waals surface area (Å²) in [5.41, 5.74) is 0.144. The molecule has 0 radical (unpaired) electrons. The summed E-state index contributed by atoms with van der Waals surface area (Å²) in [6, 6.07) is -1.45. The van der Waals surface area contributed by atoms with E-state index in [0.717, 1.165) is 12.3 Å². The van der Waals surface area contributed by atoms with Crippen LogP contribution in [0.1, 0.15) is 13.3 Å². The van der Waals surface area contributed by atoms with Crippen molar-refractivity contribution in [3.63, 3.8) is 0 Å². The zero-order valence-electron chi connectivity index (χ0n) is 9.91. The number of sulfone groups is 1. The quantitative estimate of drug-likeness (QED) is 0.657. The molecule has 100 valence electrons. The van der Waals surface area contributed by atoms with Crippen molar-refractivity contribution in [3.8, 4) is 0 Å². The Morgan fingerprint density at radius 1 is 1.44 bits per heavy atom. The number of imide groups is 1. The molecular weight excluding hydrogens is 262 g/mol. The molecule has 1 heterocycles. The van der Waals surface area contributed by atoms with Gasteiger partial charge in [0.05, 0.1) is 5.75 Å². The topological polar surface area (TPSA) is 109 Å². The van der Waals surface area contributed by atoms with Crippen LogP contribution in [0.4, 0.5) is 0 Å². The minimum Gasteiger partial charge on any atom is -0.480 e. The van der Waals surface area contributed by atoms with E-state index in [9.17, 15) is 22.8 Å². The molecule has 0 aromatic heterocycles. The monoisotopic (exact) mass is 275 g/mol. The maximum atomic E-state index is 11.6. The van der Waals surface area contributed by atoms with Gasteiger partial charge in [-0.1, -0.05) is 0 Å². The van der Waals surface area contributed by atoms with Crippen LogP contribution in [0.5, 0.6) is 0 Å². The van der Waals surface area contributed by atoms with Crippen LogP contribution in [0.15, 0.2) is 11.6 Å². The molecule has 1 rings (SSSR count). The highest BCUT2D eigenvalue weighted by molar-refractivity contribution is 7.90. The number of nitrogens with zero attached hydrogens (tertiary/aromatic N) is 1. The fourth-order valence-electron chi connectivity index (χ4n) is 1.59.